The summed E-state index contributed by atoms with van der Waals surface area (Å²) in [6.45, 7) is 5.28. The summed E-state index contributed by atoms with van der Waals surface area (Å²) in [6, 6.07) is 0.942. The van der Waals surface area contributed by atoms with Crippen LogP contribution < -0.4 is 0 Å². The summed E-state index contributed by atoms with van der Waals surface area (Å²) in [5.41, 5.74) is 0. The highest BCUT2D eigenvalue weighted by Crippen LogP contribution is 2.31. The van der Waals surface area contributed by atoms with Crippen LogP contribution in [-0.2, 0) is 4.79 Å². The number of rotatable bonds is 2. The second-order valence-electron chi connectivity index (χ2n) is 5.77. The van der Waals surface area contributed by atoms with Crippen molar-refractivity contribution in [3.63, 3.8) is 0 Å². The van der Waals surface area contributed by atoms with Crippen molar-refractivity contribution < 1.29 is 4.79 Å². The van der Waals surface area contributed by atoms with Crippen LogP contribution in [0.1, 0.15) is 58.8 Å². The van der Waals surface area contributed by atoms with Gasteiger partial charge in [0.05, 0.1) is 6.04 Å². The van der Waals surface area contributed by atoms with Crippen LogP contribution >= 0.6 is 0 Å². The molecule has 1 heterocycles. The summed E-state index contributed by atoms with van der Waals surface area (Å²) >= 11 is 0. The number of carbonyl (C=O) groups is 1. The fourth-order valence-electron chi connectivity index (χ4n) is 3.40. The fourth-order valence-corrected chi connectivity index (χ4v) is 3.40. The van der Waals surface area contributed by atoms with E-state index in [2.05, 4.69) is 11.8 Å². The lowest BCUT2D eigenvalue weighted by atomic mass is 9.84. The summed E-state index contributed by atoms with van der Waals surface area (Å²) in [6.07, 6.45) is 8.95. The molecule has 2 fully saturated rings. The van der Waals surface area contributed by atoms with E-state index in [4.69, 9.17) is 0 Å². The molecule has 0 aromatic rings. The molecule has 1 atom stereocenters. The Kier molecular flexibility index (Phi) is 4.01. The van der Waals surface area contributed by atoms with Crippen LogP contribution in [0.3, 0.4) is 0 Å². The van der Waals surface area contributed by atoms with E-state index >= 15 is 0 Å². The monoisotopic (exact) mass is 223 g/mol. The van der Waals surface area contributed by atoms with Gasteiger partial charge in [0.25, 0.3) is 0 Å². The van der Waals surface area contributed by atoms with Crippen molar-refractivity contribution in [2.75, 3.05) is 6.54 Å². The van der Waals surface area contributed by atoms with Crippen LogP contribution in [0.2, 0.25) is 0 Å². The number of ketones is 1. The minimum Gasteiger partial charge on any atom is -0.298 e. The number of likely N-dealkylation sites (tertiary alicyclic amines) is 1. The Morgan fingerprint density at radius 2 is 1.75 bits per heavy atom. The normalized spacial score (nSPS) is 37.2. The minimum absolute atomic E-state index is 0.243. The van der Waals surface area contributed by atoms with Gasteiger partial charge in [0.1, 0.15) is 5.78 Å². The predicted octanol–water partition coefficient (Wildman–Crippen LogP) is 3.01. The van der Waals surface area contributed by atoms with Gasteiger partial charge in [-0.05, 0) is 57.9 Å². The number of carbonyl (C=O) groups excluding carboxylic acids is 1. The van der Waals surface area contributed by atoms with Gasteiger partial charge in [-0.3, -0.25) is 9.69 Å². The van der Waals surface area contributed by atoms with Crippen LogP contribution in [0, 0.1) is 5.92 Å². The van der Waals surface area contributed by atoms with E-state index in [1.807, 2.05) is 0 Å². The lowest BCUT2D eigenvalue weighted by molar-refractivity contribution is -0.124. The van der Waals surface area contributed by atoms with Crippen molar-refractivity contribution in [2.45, 2.75) is 70.9 Å². The van der Waals surface area contributed by atoms with Gasteiger partial charge in [-0.15, -0.1) is 0 Å². The molecule has 1 unspecified atom stereocenters. The number of Topliss-reactive ketones (excluding diaryl/α,β-unsaturated/α-hetero) is 1. The van der Waals surface area contributed by atoms with Crippen molar-refractivity contribution in [3.05, 3.63) is 0 Å². The quantitative estimate of drug-likeness (QED) is 0.717. The number of nitrogens with zero attached hydrogens (tertiary/aromatic N) is 1. The molecule has 0 radical (unpaired) electrons. The first kappa shape index (κ1) is 12.1. The van der Waals surface area contributed by atoms with Crippen molar-refractivity contribution in [3.8, 4) is 0 Å². The maximum atomic E-state index is 11.7. The topological polar surface area (TPSA) is 20.3 Å². The minimum atomic E-state index is 0.243. The number of piperidine rings is 1. The zero-order valence-electron chi connectivity index (χ0n) is 10.7. The second-order valence-corrected chi connectivity index (χ2v) is 5.77. The summed E-state index contributed by atoms with van der Waals surface area (Å²) < 4.78 is 0. The van der Waals surface area contributed by atoms with E-state index in [0.717, 1.165) is 18.9 Å². The smallest absolute Gasteiger partial charge is 0.146 e. The lowest BCUT2D eigenvalue weighted by Gasteiger charge is -2.42. The standard InChI is InChI=1S/C14H25NO/c1-11-6-8-13(9-7-11)15-10-4-3-5-14(15)12(2)16/h11,13-14H,3-10H2,1-2H3. The molecule has 2 rings (SSSR count). The third-order valence-electron chi connectivity index (χ3n) is 4.47. The van der Waals surface area contributed by atoms with Crippen LogP contribution in [0.4, 0.5) is 0 Å². The molecule has 2 aliphatic rings. The van der Waals surface area contributed by atoms with E-state index < -0.39 is 0 Å². The van der Waals surface area contributed by atoms with Gasteiger partial charge < -0.3 is 0 Å². The van der Waals surface area contributed by atoms with Gasteiger partial charge in [-0.2, -0.15) is 0 Å². The first-order valence-electron chi connectivity index (χ1n) is 6.94. The van der Waals surface area contributed by atoms with E-state index in [1.165, 1.54) is 38.5 Å². The molecular weight excluding hydrogens is 198 g/mol. The maximum absolute atomic E-state index is 11.7. The van der Waals surface area contributed by atoms with Gasteiger partial charge in [-0.25, -0.2) is 0 Å². The molecule has 0 bridgehead atoms. The van der Waals surface area contributed by atoms with Gasteiger partial charge in [-0.1, -0.05) is 13.3 Å². The molecule has 1 saturated heterocycles. The second kappa shape index (κ2) is 5.31. The maximum Gasteiger partial charge on any atom is 0.146 e. The Balaban J connectivity index is 1.97. The summed E-state index contributed by atoms with van der Waals surface area (Å²) in [4.78, 5) is 14.2. The van der Waals surface area contributed by atoms with E-state index in [1.54, 1.807) is 6.92 Å². The Morgan fingerprint density at radius 3 is 2.38 bits per heavy atom. The highest BCUT2D eigenvalue weighted by atomic mass is 16.1. The first-order valence-corrected chi connectivity index (χ1v) is 6.94. The van der Waals surface area contributed by atoms with Crippen LogP contribution in [0.25, 0.3) is 0 Å². The molecule has 1 saturated carbocycles. The molecule has 92 valence electrons. The Labute approximate surface area is 99.4 Å². The SMILES string of the molecule is CC(=O)C1CCCCN1C1CCC(C)CC1. The molecule has 0 aromatic carbocycles. The average molecular weight is 223 g/mol. The summed E-state index contributed by atoms with van der Waals surface area (Å²) in [7, 11) is 0. The van der Waals surface area contributed by atoms with Crippen LogP contribution in [0.15, 0.2) is 0 Å². The third kappa shape index (κ3) is 2.65. The number of hydrogen-bond donors (Lipinski definition) is 0. The van der Waals surface area contributed by atoms with E-state index in [9.17, 15) is 4.79 Å². The number of hydrogen-bond acceptors (Lipinski definition) is 2. The van der Waals surface area contributed by atoms with Crippen molar-refractivity contribution >= 4 is 5.78 Å². The van der Waals surface area contributed by atoms with Crippen LogP contribution in [-0.4, -0.2) is 29.3 Å². The van der Waals surface area contributed by atoms with Crippen molar-refractivity contribution in [1.82, 2.24) is 4.90 Å². The zero-order chi connectivity index (χ0) is 11.5. The van der Waals surface area contributed by atoms with E-state index in [-0.39, 0.29) is 6.04 Å². The third-order valence-corrected chi connectivity index (χ3v) is 4.47. The average Bonchev–Trinajstić information content (AvgIpc) is 2.30. The van der Waals surface area contributed by atoms with E-state index in [0.29, 0.717) is 11.8 Å². The van der Waals surface area contributed by atoms with Gasteiger partial charge in [0.15, 0.2) is 0 Å². The largest absolute Gasteiger partial charge is 0.298 e. The molecule has 1 aliphatic carbocycles. The fraction of sp³-hybridized carbons (Fsp3) is 0.929. The molecule has 16 heavy (non-hydrogen) atoms. The Morgan fingerprint density at radius 1 is 1.06 bits per heavy atom. The highest BCUT2D eigenvalue weighted by Gasteiger charge is 2.32. The Hall–Kier alpha value is -0.370. The van der Waals surface area contributed by atoms with Crippen molar-refractivity contribution in [2.24, 2.45) is 5.92 Å². The summed E-state index contributed by atoms with van der Waals surface area (Å²) in [5.74, 6) is 1.29. The highest BCUT2D eigenvalue weighted by molar-refractivity contribution is 5.81. The Bertz CT molecular complexity index is 243. The van der Waals surface area contributed by atoms with Gasteiger partial charge >= 0.3 is 0 Å². The van der Waals surface area contributed by atoms with Crippen LogP contribution in [0.5, 0.6) is 0 Å². The van der Waals surface area contributed by atoms with Crippen molar-refractivity contribution in [1.29, 1.82) is 0 Å². The van der Waals surface area contributed by atoms with Gasteiger partial charge in [0, 0.05) is 6.04 Å². The molecule has 0 amide bonds. The molecular formula is C14H25NO. The molecule has 1 aliphatic heterocycles. The molecule has 0 N–H and O–H groups in total. The molecule has 2 nitrogen and oxygen atoms in total. The molecule has 0 spiro atoms. The predicted molar refractivity (Wildman–Crippen MR) is 66.4 cm³/mol. The molecule has 0 aromatic heterocycles. The summed E-state index contributed by atoms with van der Waals surface area (Å²) in [5, 5.41) is 0. The first-order chi connectivity index (χ1) is 7.68. The van der Waals surface area contributed by atoms with Gasteiger partial charge in [0.2, 0.25) is 0 Å². The zero-order valence-corrected chi connectivity index (χ0v) is 10.7. The lowest BCUT2D eigenvalue weighted by Crippen LogP contribution is -2.50. The molecule has 2 heteroatoms.